The van der Waals surface area contributed by atoms with Crippen LogP contribution in [0.2, 0.25) is 0 Å². The monoisotopic (exact) mass is 357 g/mol. The molecule has 1 atom stereocenters. The fourth-order valence-corrected chi connectivity index (χ4v) is 3.36. The van der Waals surface area contributed by atoms with Crippen molar-refractivity contribution in [1.82, 2.24) is 20.3 Å². The molecule has 140 valence electrons. The second-order valence-electron chi connectivity index (χ2n) is 6.92. The van der Waals surface area contributed by atoms with Crippen molar-refractivity contribution in [3.8, 4) is 0 Å². The van der Waals surface area contributed by atoms with E-state index in [4.69, 9.17) is 9.40 Å². The first-order chi connectivity index (χ1) is 12.6. The largest absolute Gasteiger partial charge is 0.448 e. The van der Waals surface area contributed by atoms with Crippen molar-refractivity contribution in [1.29, 1.82) is 0 Å². The SMILES string of the molecule is Cc1nc(N2CCCCCCC2)ncc1C(C)NC(=O)c1ncoc1C. The van der Waals surface area contributed by atoms with Crippen molar-refractivity contribution < 1.29 is 9.21 Å². The molecule has 1 saturated heterocycles. The molecule has 7 heteroatoms. The molecule has 2 aromatic heterocycles. The quantitative estimate of drug-likeness (QED) is 0.903. The number of amides is 1. The fourth-order valence-electron chi connectivity index (χ4n) is 3.36. The summed E-state index contributed by atoms with van der Waals surface area (Å²) in [5, 5.41) is 2.94. The number of aryl methyl sites for hydroxylation is 2. The molecule has 1 fully saturated rings. The number of hydrogen-bond donors (Lipinski definition) is 1. The Labute approximate surface area is 154 Å². The molecule has 0 radical (unpaired) electrons. The smallest absolute Gasteiger partial charge is 0.273 e. The summed E-state index contributed by atoms with van der Waals surface area (Å²) in [6.45, 7) is 7.63. The summed E-state index contributed by atoms with van der Waals surface area (Å²) in [4.78, 5) is 27.8. The predicted molar refractivity (Wildman–Crippen MR) is 99.2 cm³/mol. The summed E-state index contributed by atoms with van der Waals surface area (Å²) in [6, 6.07) is -0.208. The zero-order valence-electron chi connectivity index (χ0n) is 15.8. The maximum atomic E-state index is 12.3. The Morgan fingerprint density at radius 3 is 2.46 bits per heavy atom. The van der Waals surface area contributed by atoms with Gasteiger partial charge in [-0.25, -0.2) is 15.0 Å². The van der Waals surface area contributed by atoms with E-state index in [0.29, 0.717) is 11.5 Å². The molecule has 3 heterocycles. The average molecular weight is 357 g/mol. The summed E-state index contributed by atoms with van der Waals surface area (Å²) in [6.07, 6.45) is 9.37. The first kappa shape index (κ1) is 18.4. The van der Waals surface area contributed by atoms with Crippen molar-refractivity contribution in [2.24, 2.45) is 0 Å². The molecule has 1 aliphatic rings. The van der Waals surface area contributed by atoms with E-state index in [1.807, 2.05) is 20.0 Å². The molecule has 0 aromatic carbocycles. The minimum Gasteiger partial charge on any atom is -0.448 e. The number of anilines is 1. The molecule has 0 spiro atoms. The maximum absolute atomic E-state index is 12.3. The van der Waals surface area contributed by atoms with Gasteiger partial charge in [0.2, 0.25) is 5.95 Å². The van der Waals surface area contributed by atoms with Gasteiger partial charge in [0.15, 0.2) is 12.1 Å². The van der Waals surface area contributed by atoms with Gasteiger partial charge in [-0.15, -0.1) is 0 Å². The highest BCUT2D eigenvalue weighted by molar-refractivity contribution is 5.93. The van der Waals surface area contributed by atoms with Gasteiger partial charge in [0, 0.05) is 30.5 Å². The third kappa shape index (κ3) is 4.20. The minimum atomic E-state index is -0.254. The lowest BCUT2D eigenvalue weighted by molar-refractivity contribution is 0.0934. The van der Waals surface area contributed by atoms with Crippen LogP contribution >= 0.6 is 0 Å². The topological polar surface area (TPSA) is 84.2 Å². The van der Waals surface area contributed by atoms with Crippen LogP contribution in [0.1, 0.15) is 72.6 Å². The molecular formula is C19H27N5O2. The molecule has 1 N–H and O–H groups in total. The first-order valence-corrected chi connectivity index (χ1v) is 9.35. The Balaban J connectivity index is 1.70. The molecule has 0 saturated carbocycles. The Kier molecular flexibility index (Phi) is 5.85. The molecule has 26 heavy (non-hydrogen) atoms. The minimum absolute atomic E-state index is 0.208. The Hall–Kier alpha value is -2.44. The molecule has 1 aliphatic heterocycles. The van der Waals surface area contributed by atoms with Crippen LogP contribution in [0, 0.1) is 13.8 Å². The van der Waals surface area contributed by atoms with E-state index in [9.17, 15) is 4.79 Å². The zero-order valence-corrected chi connectivity index (χ0v) is 15.8. The molecule has 1 unspecified atom stereocenters. The van der Waals surface area contributed by atoms with Crippen LogP contribution in [0.4, 0.5) is 5.95 Å². The van der Waals surface area contributed by atoms with E-state index in [0.717, 1.165) is 30.3 Å². The van der Waals surface area contributed by atoms with Crippen LogP contribution in [-0.4, -0.2) is 33.9 Å². The van der Waals surface area contributed by atoms with Crippen LogP contribution in [0.3, 0.4) is 0 Å². The van der Waals surface area contributed by atoms with E-state index in [1.54, 1.807) is 6.92 Å². The second-order valence-corrected chi connectivity index (χ2v) is 6.92. The molecule has 0 bridgehead atoms. The standard InChI is InChI=1S/C19H27N5O2/c1-13(22-18(25)17-15(3)26-12-21-17)16-11-20-19(23-14(16)2)24-9-7-5-4-6-8-10-24/h11-13H,4-10H2,1-3H3,(H,22,25). The highest BCUT2D eigenvalue weighted by Crippen LogP contribution is 2.20. The summed E-state index contributed by atoms with van der Waals surface area (Å²) in [5.74, 6) is 1.05. The van der Waals surface area contributed by atoms with Crippen molar-refractivity contribution in [3.63, 3.8) is 0 Å². The van der Waals surface area contributed by atoms with Crippen LogP contribution in [0.5, 0.6) is 0 Å². The van der Waals surface area contributed by atoms with E-state index in [1.165, 1.54) is 38.5 Å². The summed E-state index contributed by atoms with van der Waals surface area (Å²) >= 11 is 0. The second kappa shape index (κ2) is 8.29. The van der Waals surface area contributed by atoms with Crippen molar-refractivity contribution in [2.45, 2.75) is 58.9 Å². The van der Waals surface area contributed by atoms with Crippen LogP contribution in [0.15, 0.2) is 17.0 Å². The van der Waals surface area contributed by atoms with Gasteiger partial charge in [-0.2, -0.15) is 0 Å². The predicted octanol–water partition coefficient (Wildman–Crippen LogP) is 3.34. The number of carbonyl (C=O) groups is 1. The molecular weight excluding hydrogens is 330 g/mol. The third-order valence-electron chi connectivity index (χ3n) is 4.92. The summed E-state index contributed by atoms with van der Waals surface area (Å²) in [5.41, 5.74) is 2.12. The van der Waals surface area contributed by atoms with E-state index >= 15 is 0 Å². The highest BCUT2D eigenvalue weighted by atomic mass is 16.3. The van der Waals surface area contributed by atoms with Crippen LogP contribution in [0.25, 0.3) is 0 Å². The van der Waals surface area contributed by atoms with Crippen LogP contribution in [-0.2, 0) is 0 Å². The number of hydrogen-bond acceptors (Lipinski definition) is 6. The van der Waals surface area contributed by atoms with Crippen molar-refractivity contribution in [2.75, 3.05) is 18.0 Å². The van der Waals surface area contributed by atoms with E-state index in [2.05, 4.69) is 20.2 Å². The lowest BCUT2D eigenvalue weighted by atomic mass is 10.1. The average Bonchev–Trinajstić information content (AvgIpc) is 3.00. The van der Waals surface area contributed by atoms with Crippen LogP contribution < -0.4 is 10.2 Å². The number of nitrogens with one attached hydrogen (secondary N) is 1. The van der Waals surface area contributed by atoms with Gasteiger partial charge in [0.1, 0.15) is 5.76 Å². The van der Waals surface area contributed by atoms with Gasteiger partial charge >= 0.3 is 0 Å². The zero-order chi connectivity index (χ0) is 18.5. The lowest BCUT2D eigenvalue weighted by Crippen LogP contribution is -2.30. The Bertz CT molecular complexity index is 750. The fraction of sp³-hybridized carbons (Fsp3) is 0.579. The normalized spacial score (nSPS) is 16.7. The summed E-state index contributed by atoms with van der Waals surface area (Å²) < 4.78 is 5.10. The number of oxazole rings is 1. The van der Waals surface area contributed by atoms with Crippen molar-refractivity contribution in [3.05, 3.63) is 35.3 Å². The molecule has 7 nitrogen and oxygen atoms in total. The number of rotatable bonds is 4. The first-order valence-electron chi connectivity index (χ1n) is 9.35. The Morgan fingerprint density at radius 2 is 1.85 bits per heavy atom. The molecule has 3 rings (SSSR count). The van der Waals surface area contributed by atoms with Crippen molar-refractivity contribution >= 4 is 11.9 Å². The van der Waals surface area contributed by atoms with Gasteiger partial charge < -0.3 is 14.6 Å². The lowest BCUT2D eigenvalue weighted by Gasteiger charge is -2.25. The van der Waals surface area contributed by atoms with E-state index < -0.39 is 0 Å². The number of carbonyl (C=O) groups excluding carboxylic acids is 1. The number of nitrogens with zero attached hydrogens (tertiary/aromatic N) is 4. The maximum Gasteiger partial charge on any atom is 0.273 e. The van der Waals surface area contributed by atoms with Gasteiger partial charge in [0.25, 0.3) is 5.91 Å². The third-order valence-corrected chi connectivity index (χ3v) is 4.92. The number of aromatic nitrogens is 3. The van der Waals surface area contributed by atoms with Gasteiger partial charge in [0.05, 0.1) is 6.04 Å². The molecule has 1 amide bonds. The summed E-state index contributed by atoms with van der Waals surface area (Å²) in [7, 11) is 0. The highest BCUT2D eigenvalue weighted by Gasteiger charge is 2.19. The van der Waals surface area contributed by atoms with Gasteiger partial charge in [-0.05, 0) is 33.6 Å². The molecule has 0 aliphatic carbocycles. The van der Waals surface area contributed by atoms with Gasteiger partial charge in [-0.3, -0.25) is 4.79 Å². The Morgan fingerprint density at radius 1 is 1.15 bits per heavy atom. The van der Waals surface area contributed by atoms with Gasteiger partial charge in [-0.1, -0.05) is 19.3 Å². The molecule has 2 aromatic rings. The van der Waals surface area contributed by atoms with E-state index in [-0.39, 0.29) is 11.9 Å².